The second-order valence-electron chi connectivity index (χ2n) is 6.02. The number of nitrogens with zero attached hydrogens (tertiary/aromatic N) is 2. The summed E-state index contributed by atoms with van der Waals surface area (Å²) < 4.78 is 37.3. The Balaban J connectivity index is 1.83. The van der Waals surface area contributed by atoms with E-state index in [2.05, 4.69) is 4.90 Å². The van der Waals surface area contributed by atoms with Gasteiger partial charge in [0.05, 0.1) is 17.5 Å². The molecule has 2 atom stereocenters. The number of halogens is 1. The zero-order chi connectivity index (χ0) is 15.9. The van der Waals surface area contributed by atoms with Crippen LogP contribution in [0.5, 0.6) is 0 Å². The maximum Gasteiger partial charge on any atom is 0.219 e. The summed E-state index contributed by atoms with van der Waals surface area (Å²) in [4.78, 5) is 15.4. The largest absolute Gasteiger partial charge is 0.336 e. The van der Waals surface area contributed by atoms with Crippen LogP contribution >= 0.6 is 0 Å². The number of piperazine rings is 1. The Morgan fingerprint density at radius 3 is 2.68 bits per heavy atom. The molecule has 0 spiro atoms. The lowest BCUT2D eigenvalue weighted by molar-refractivity contribution is -0.134. The number of carbonyl (C=O) groups excluding carboxylic acids is 1. The van der Waals surface area contributed by atoms with E-state index in [1.165, 1.54) is 19.1 Å². The predicted molar refractivity (Wildman–Crippen MR) is 80.4 cm³/mol. The van der Waals surface area contributed by atoms with Crippen LogP contribution in [0.1, 0.15) is 12.5 Å². The average Bonchev–Trinajstić information content (AvgIpc) is 2.74. The van der Waals surface area contributed by atoms with E-state index in [0.717, 1.165) is 5.56 Å². The minimum absolute atomic E-state index is 0.0247. The molecule has 2 aliphatic rings. The highest BCUT2D eigenvalue weighted by atomic mass is 32.2. The van der Waals surface area contributed by atoms with Gasteiger partial charge in [-0.05, 0) is 17.7 Å². The summed E-state index contributed by atoms with van der Waals surface area (Å²) in [7, 11) is -3.14. The Kier molecular flexibility index (Phi) is 3.94. The topological polar surface area (TPSA) is 57.7 Å². The molecule has 2 aliphatic heterocycles. The molecule has 0 unspecified atom stereocenters. The SMILES string of the molecule is CC(=O)N1CCN(Cc2cccc(F)c2)[C@@H]2CS(=O)(=O)C[C@@H]21. The van der Waals surface area contributed by atoms with Crippen LogP contribution in [0, 0.1) is 5.82 Å². The fourth-order valence-electron chi connectivity index (χ4n) is 3.48. The number of fused-ring (bicyclic) bond motifs is 1. The third-order valence-corrected chi connectivity index (χ3v) is 6.17. The lowest BCUT2D eigenvalue weighted by Crippen LogP contribution is -2.59. The van der Waals surface area contributed by atoms with Gasteiger partial charge in [-0.3, -0.25) is 9.69 Å². The van der Waals surface area contributed by atoms with Gasteiger partial charge in [0.2, 0.25) is 5.91 Å². The first-order valence-corrected chi connectivity index (χ1v) is 9.14. The van der Waals surface area contributed by atoms with Gasteiger partial charge in [0.15, 0.2) is 9.84 Å². The van der Waals surface area contributed by atoms with Crippen molar-refractivity contribution < 1.29 is 17.6 Å². The van der Waals surface area contributed by atoms with Crippen LogP contribution < -0.4 is 0 Å². The molecule has 2 fully saturated rings. The van der Waals surface area contributed by atoms with Crippen LogP contribution in [0.4, 0.5) is 4.39 Å². The zero-order valence-electron chi connectivity index (χ0n) is 12.4. The van der Waals surface area contributed by atoms with Gasteiger partial charge in [-0.2, -0.15) is 0 Å². The molecule has 5 nitrogen and oxygen atoms in total. The van der Waals surface area contributed by atoms with Crippen LogP contribution in [-0.2, 0) is 21.2 Å². The minimum atomic E-state index is -3.14. The second-order valence-corrected chi connectivity index (χ2v) is 8.18. The summed E-state index contributed by atoms with van der Waals surface area (Å²) in [6, 6.07) is 5.85. The van der Waals surface area contributed by atoms with Crippen molar-refractivity contribution in [3.63, 3.8) is 0 Å². The molecule has 22 heavy (non-hydrogen) atoms. The van der Waals surface area contributed by atoms with E-state index in [1.54, 1.807) is 11.0 Å². The molecule has 120 valence electrons. The van der Waals surface area contributed by atoms with E-state index < -0.39 is 9.84 Å². The Morgan fingerprint density at radius 2 is 2.00 bits per heavy atom. The monoisotopic (exact) mass is 326 g/mol. The van der Waals surface area contributed by atoms with Crippen molar-refractivity contribution in [2.45, 2.75) is 25.6 Å². The Labute approximate surface area is 129 Å². The highest BCUT2D eigenvalue weighted by Crippen LogP contribution is 2.28. The molecule has 0 aliphatic carbocycles. The highest BCUT2D eigenvalue weighted by Gasteiger charge is 2.47. The summed E-state index contributed by atoms with van der Waals surface area (Å²) in [5.41, 5.74) is 0.819. The van der Waals surface area contributed by atoms with Crippen molar-refractivity contribution in [2.24, 2.45) is 0 Å². The van der Waals surface area contributed by atoms with Crippen molar-refractivity contribution >= 4 is 15.7 Å². The number of amides is 1. The number of carbonyl (C=O) groups is 1. The van der Waals surface area contributed by atoms with Gasteiger partial charge in [0.1, 0.15) is 5.82 Å². The average molecular weight is 326 g/mol. The van der Waals surface area contributed by atoms with Gasteiger partial charge in [0, 0.05) is 32.6 Å². The third kappa shape index (κ3) is 3.01. The predicted octanol–water partition coefficient (Wildman–Crippen LogP) is 0.655. The molecule has 0 aromatic heterocycles. The summed E-state index contributed by atoms with van der Waals surface area (Å²) in [5, 5.41) is 0. The quantitative estimate of drug-likeness (QED) is 0.801. The molecule has 0 bridgehead atoms. The van der Waals surface area contributed by atoms with E-state index >= 15 is 0 Å². The Hall–Kier alpha value is -1.47. The van der Waals surface area contributed by atoms with Gasteiger partial charge in [-0.15, -0.1) is 0 Å². The van der Waals surface area contributed by atoms with Crippen LogP contribution in [0.3, 0.4) is 0 Å². The molecule has 3 rings (SSSR count). The molecule has 7 heteroatoms. The summed E-state index contributed by atoms with van der Waals surface area (Å²) in [6.45, 7) is 3.10. The molecule has 0 saturated carbocycles. The summed E-state index contributed by atoms with van der Waals surface area (Å²) in [5.74, 6) is -0.291. The van der Waals surface area contributed by atoms with Crippen LogP contribution in [0.15, 0.2) is 24.3 Å². The molecule has 1 amide bonds. The van der Waals surface area contributed by atoms with E-state index in [9.17, 15) is 17.6 Å². The van der Waals surface area contributed by atoms with E-state index in [1.807, 2.05) is 6.07 Å². The van der Waals surface area contributed by atoms with Crippen molar-refractivity contribution in [3.05, 3.63) is 35.6 Å². The van der Waals surface area contributed by atoms with Gasteiger partial charge in [0.25, 0.3) is 0 Å². The van der Waals surface area contributed by atoms with Crippen LogP contribution in [0.25, 0.3) is 0 Å². The standard InChI is InChI=1S/C15H19FN2O3S/c1-11(19)18-6-5-17(8-12-3-2-4-13(16)7-12)14-9-22(20,21)10-15(14)18/h2-4,7,14-15H,5-6,8-10H2,1H3/t14-,15+/m1/s1. The number of benzene rings is 1. The fourth-order valence-corrected chi connectivity index (χ4v) is 5.49. The third-order valence-electron chi connectivity index (χ3n) is 4.47. The molecule has 0 radical (unpaired) electrons. The van der Waals surface area contributed by atoms with E-state index in [0.29, 0.717) is 19.6 Å². The number of hydrogen-bond donors (Lipinski definition) is 0. The maximum atomic E-state index is 13.3. The Bertz CT molecular complexity index is 692. The molecular formula is C15H19FN2O3S. The summed E-state index contributed by atoms with van der Waals surface area (Å²) >= 11 is 0. The van der Waals surface area contributed by atoms with Crippen LogP contribution in [0.2, 0.25) is 0 Å². The normalized spacial score (nSPS) is 27.6. The first-order chi connectivity index (χ1) is 10.4. The number of sulfone groups is 1. The second kappa shape index (κ2) is 5.62. The first-order valence-electron chi connectivity index (χ1n) is 7.32. The molecule has 0 N–H and O–H groups in total. The number of hydrogen-bond acceptors (Lipinski definition) is 4. The molecular weight excluding hydrogens is 307 g/mol. The van der Waals surface area contributed by atoms with Crippen molar-refractivity contribution in [1.29, 1.82) is 0 Å². The van der Waals surface area contributed by atoms with Crippen molar-refractivity contribution in [1.82, 2.24) is 9.80 Å². The van der Waals surface area contributed by atoms with Gasteiger partial charge in [-0.1, -0.05) is 12.1 Å². The molecule has 1 aromatic rings. The molecule has 2 saturated heterocycles. The van der Waals surface area contributed by atoms with E-state index in [-0.39, 0.29) is 35.3 Å². The minimum Gasteiger partial charge on any atom is -0.336 e. The van der Waals surface area contributed by atoms with Gasteiger partial charge < -0.3 is 4.90 Å². The number of rotatable bonds is 2. The zero-order valence-corrected chi connectivity index (χ0v) is 13.2. The fraction of sp³-hybridized carbons (Fsp3) is 0.533. The Morgan fingerprint density at radius 1 is 1.27 bits per heavy atom. The molecule has 1 aromatic carbocycles. The van der Waals surface area contributed by atoms with E-state index in [4.69, 9.17) is 0 Å². The first kappa shape index (κ1) is 15.4. The maximum absolute atomic E-state index is 13.3. The smallest absolute Gasteiger partial charge is 0.219 e. The lowest BCUT2D eigenvalue weighted by Gasteiger charge is -2.43. The van der Waals surface area contributed by atoms with Crippen molar-refractivity contribution in [2.75, 3.05) is 24.6 Å². The van der Waals surface area contributed by atoms with Gasteiger partial charge >= 0.3 is 0 Å². The van der Waals surface area contributed by atoms with Crippen LogP contribution in [-0.4, -0.2) is 60.8 Å². The lowest BCUT2D eigenvalue weighted by atomic mass is 10.0. The van der Waals surface area contributed by atoms with Gasteiger partial charge in [-0.25, -0.2) is 12.8 Å². The summed E-state index contributed by atoms with van der Waals surface area (Å²) in [6.07, 6.45) is 0. The molecule has 2 heterocycles. The van der Waals surface area contributed by atoms with Crippen molar-refractivity contribution in [3.8, 4) is 0 Å². The highest BCUT2D eigenvalue weighted by molar-refractivity contribution is 7.91.